The van der Waals surface area contributed by atoms with E-state index in [-0.39, 0.29) is 17.9 Å². The van der Waals surface area contributed by atoms with Crippen LogP contribution in [0.4, 0.5) is 0 Å². The molecule has 0 saturated carbocycles. The first-order valence-electron chi connectivity index (χ1n) is 9.76. The van der Waals surface area contributed by atoms with Gasteiger partial charge in [-0.05, 0) is 81.1 Å². The molecule has 27 heavy (non-hydrogen) atoms. The number of hydrogen-bond donors (Lipinski definition) is 1. The summed E-state index contributed by atoms with van der Waals surface area (Å²) < 4.78 is 0. The summed E-state index contributed by atoms with van der Waals surface area (Å²) in [5, 5.41) is 3.99. The molecule has 0 radical (unpaired) electrons. The lowest BCUT2D eigenvalue weighted by molar-refractivity contribution is -0.127. The first kappa shape index (κ1) is 19.9. The second-order valence-corrected chi connectivity index (χ2v) is 8.19. The minimum atomic E-state index is 0.0429. The topological polar surface area (TPSA) is 32.3 Å². The van der Waals surface area contributed by atoms with Crippen LogP contribution in [0.3, 0.4) is 0 Å². The first-order valence-corrected chi connectivity index (χ1v) is 10.1. The van der Waals surface area contributed by atoms with Crippen molar-refractivity contribution < 1.29 is 4.79 Å². The number of amides is 1. The van der Waals surface area contributed by atoms with Gasteiger partial charge >= 0.3 is 0 Å². The number of rotatable bonds is 5. The summed E-state index contributed by atoms with van der Waals surface area (Å²) in [7, 11) is 0. The molecular weight excluding hydrogens is 356 g/mol. The second-order valence-electron chi connectivity index (χ2n) is 7.75. The maximum Gasteiger partial charge on any atom is 0.223 e. The van der Waals surface area contributed by atoms with Gasteiger partial charge in [-0.15, -0.1) is 0 Å². The van der Waals surface area contributed by atoms with Gasteiger partial charge in [0.2, 0.25) is 5.91 Å². The lowest BCUT2D eigenvalue weighted by Crippen LogP contribution is -2.40. The Kier molecular flexibility index (Phi) is 6.56. The van der Waals surface area contributed by atoms with Gasteiger partial charge in [0.25, 0.3) is 0 Å². The number of benzene rings is 2. The largest absolute Gasteiger partial charge is 0.349 e. The van der Waals surface area contributed by atoms with Crippen molar-refractivity contribution in [3.63, 3.8) is 0 Å². The average molecular weight is 385 g/mol. The van der Waals surface area contributed by atoms with Gasteiger partial charge in [0.1, 0.15) is 0 Å². The molecule has 4 heteroatoms. The summed E-state index contributed by atoms with van der Waals surface area (Å²) in [6.07, 6.45) is 1.82. The SMILES string of the molecule is Cc1ccc(C(C)NC(=O)C2CCN(Cc3cccc(Cl)c3)CC2)cc1C. The average Bonchev–Trinajstić information content (AvgIpc) is 2.64. The summed E-state index contributed by atoms with van der Waals surface area (Å²) in [4.78, 5) is 15.1. The Morgan fingerprint density at radius 3 is 2.56 bits per heavy atom. The number of aryl methyl sites for hydroxylation is 2. The third-order valence-corrected chi connectivity index (χ3v) is 5.88. The van der Waals surface area contributed by atoms with Crippen LogP contribution in [0.1, 0.15) is 48.1 Å². The molecule has 1 heterocycles. The summed E-state index contributed by atoms with van der Waals surface area (Å²) in [5.74, 6) is 0.290. The van der Waals surface area contributed by atoms with Crippen LogP contribution in [0.5, 0.6) is 0 Å². The normalized spacial score (nSPS) is 16.9. The van der Waals surface area contributed by atoms with E-state index in [1.54, 1.807) is 0 Å². The Morgan fingerprint density at radius 1 is 1.15 bits per heavy atom. The number of piperidine rings is 1. The van der Waals surface area contributed by atoms with Crippen LogP contribution in [-0.2, 0) is 11.3 Å². The van der Waals surface area contributed by atoms with Crippen molar-refractivity contribution in [2.75, 3.05) is 13.1 Å². The van der Waals surface area contributed by atoms with Crippen molar-refractivity contribution in [2.45, 2.75) is 46.2 Å². The molecule has 2 aromatic rings. The number of likely N-dealkylation sites (tertiary alicyclic amines) is 1. The Labute approximate surface area is 167 Å². The van der Waals surface area contributed by atoms with E-state index in [1.807, 2.05) is 18.2 Å². The van der Waals surface area contributed by atoms with Crippen molar-refractivity contribution in [1.82, 2.24) is 10.2 Å². The van der Waals surface area contributed by atoms with Crippen molar-refractivity contribution in [2.24, 2.45) is 5.92 Å². The molecule has 3 rings (SSSR count). The molecule has 1 N–H and O–H groups in total. The van der Waals surface area contributed by atoms with Crippen LogP contribution in [0.2, 0.25) is 5.02 Å². The van der Waals surface area contributed by atoms with Gasteiger partial charge in [-0.2, -0.15) is 0 Å². The van der Waals surface area contributed by atoms with E-state index in [0.29, 0.717) is 0 Å². The van der Waals surface area contributed by atoms with E-state index in [2.05, 4.69) is 55.3 Å². The second kappa shape index (κ2) is 8.90. The fourth-order valence-corrected chi connectivity index (χ4v) is 3.91. The molecule has 1 atom stereocenters. The zero-order chi connectivity index (χ0) is 19.4. The van der Waals surface area contributed by atoms with Crippen LogP contribution < -0.4 is 5.32 Å². The number of carbonyl (C=O) groups excluding carboxylic acids is 1. The molecule has 1 amide bonds. The van der Waals surface area contributed by atoms with Gasteiger partial charge in [-0.1, -0.05) is 41.9 Å². The minimum Gasteiger partial charge on any atom is -0.349 e. The standard InChI is InChI=1S/C23H29ClN2O/c1-16-7-8-21(13-17(16)2)18(3)25-23(27)20-9-11-26(12-10-20)15-19-5-4-6-22(24)14-19/h4-8,13-14,18,20H,9-12,15H2,1-3H3,(H,25,27). The Balaban J connectivity index is 1.50. The van der Waals surface area contributed by atoms with E-state index in [4.69, 9.17) is 11.6 Å². The van der Waals surface area contributed by atoms with E-state index in [0.717, 1.165) is 37.5 Å². The lowest BCUT2D eigenvalue weighted by Gasteiger charge is -2.32. The van der Waals surface area contributed by atoms with Crippen LogP contribution in [0.25, 0.3) is 0 Å². The molecule has 1 saturated heterocycles. The monoisotopic (exact) mass is 384 g/mol. The fraction of sp³-hybridized carbons (Fsp3) is 0.435. The fourth-order valence-electron chi connectivity index (χ4n) is 3.70. The number of nitrogens with one attached hydrogen (secondary N) is 1. The molecule has 144 valence electrons. The van der Waals surface area contributed by atoms with Gasteiger partial charge in [-0.3, -0.25) is 9.69 Å². The van der Waals surface area contributed by atoms with Crippen LogP contribution in [0, 0.1) is 19.8 Å². The maximum absolute atomic E-state index is 12.7. The molecule has 1 fully saturated rings. The summed E-state index contributed by atoms with van der Waals surface area (Å²) in [6.45, 7) is 9.08. The van der Waals surface area contributed by atoms with E-state index < -0.39 is 0 Å². The number of hydrogen-bond acceptors (Lipinski definition) is 2. The minimum absolute atomic E-state index is 0.0429. The van der Waals surface area contributed by atoms with Crippen molar-refractivity contribution >= 4 is 17.5 Å². The molecule has 1 unspecified atom stereocenters. The van der Waals surface area contributed by atoms with Crippen LogP contribution in [-0.4, -0.2) is 23.9 Å². The first-order chi connectivity index (χ1) is 12.9. The summed E-state index contributed by atoms with van der Waals surface area (Å²) >= 11 is 6.07. The highest BCUT2D eigenvalue weighted by atomic mass is 35.5. The zero-order valence-corrected chi connectivity index (χ0v) is 17.2. The molecular formula is C23H29ClN2O. The molecule has 0 aromatic heterocycles. The van der Waals surface area contributed by atoms with Crippen LogP contribution >= 0.6 is 11.6 Å². The molecule has 0 aliphatic carbocycles. The Hall–Kier alpha value is -1.84. The van der Waals surface area contributed by atoms with Gasteiger partial charge in [0, 0.05) is 17.5 Å². The predicted octanol–water partition coefficient (Wildman–Crippen LogP) is 5.05. The summed E-state index contributed by atoms with van der Waals surface area (Å²) in [5.41, 5.74) is 4.95. The number of halogens is 1. The van der Waals surface area contributed by atoms with Crippen molar-refractivity contribution in [1.29, 1.82) is 0 Å². The van der Waals surface area contributed by atoms with Gasteiger partial charge in [0.05, 0.1) is 6.04 Å². The van der Waals surface area contributed by atoms with Crippen molar-refractivity contribution in [3.05, 3.63) is 69.7 Å². The third kappa shape index (κ3) is 5.33. The van der Waals surface area contributed by atoms with E-state index >= 15 is 0 Å². The van der Waals surface area contributed by atoms with Gasteiger partial charge < -0.3 is 5.32 Å². The van der Waals surface area contributed by atoms with Crippen molar-refractivity contribution in [3.8, 4) is 0 Å². The Morgan fingerprint density at radius 2 is 1.89 bits per heavy atom. The molecule has 0 spiro atoms. The number of nitrogens with zero attached hydrogens (tertiary/aromatic N) is 1. The maximum atomic E-state index is 12.7. The molecule has 1 aliphatic heterocycles. The zero-order valence-electron chi connectivity index (χ0n) is 16.5. The molecule has 0 bridgehead atoms. The quantitative estimate of drug-likeness (QED) is 0.782. The smallest absolute Gasteiger partial charge is 0.223 e. The van der Waals surface area contributed by atoms with E-state index in [1.165, 1.54) is 22.3 Å². The van der Waals surface area contributed by atoms with Gasteiger partial charge in [-0.25, -0.2) is 0 Å². The Bertz CT molecular complexity index is 797. The highest BCUT2D eigenvalue weighted by Crippen LogP contribution is 2.22. The highest BCUT2D eigenvalue weighted by Gasteiger charge is 2.26. The molecule has 3 nitrogen and oxygen atoms in total. The van der Waals surface area contributed by atoms with Gasteiger partial charge in [0.15, 0.2) is 0 Å². The van der Waals surface area contributed by atoms with E-state index in [9.17, 15) is 4.79 Å². The highest BCUT2D eigenvalue weighted by molar-refractivity contribution is 6.30. The van der Waals surface area contributed by atoms with Crippen LogP contribution in [0.15, 0.2) is 42.5 Å². The predicted molar refractivity (Wildman–Crippen MR) is 112 cm³/mol. The third-order valence-electron chi connectivity index (χ3n) is 5.64. The lowest BCUT2D eigenvalue weighted by atomic mass is 9.94. The number of carbonyl (C=O) groups is 1. The molecule has 2 aromatic carbocycles. The summed E-state index contributed by atoms with van der Waals surface area (Å²) in [6, 6.07) is 14.5. The molecule has 1 aliphatic rings.